The summed E-state index contributed by atoms with van der Waals surface area (Å²) in [5, 5.41) is 0. The van der Waals surface area contributed by atoms with E-state index in [1.807, 2.05) is 0 Å². The summed E-state index contributed by atoms with van der Waals surface area (Å²) in [5.41, 5.74) is 9.17. The van der Waals surface area contributed by atoms with Gasteiger partial charge < -0.3 is 5.73 Å². The lowest BCUT2D eigenvalue weighted by atomic mass is 9.73. The molecule has 1 atom stereocenters. The number of aryl methyl sites for hydroxylation is 1. The lowest BCUT2D eigenvalue weighted by molar-refractivity contribution is 0.265. The highest BCUT2D eigenvalue weighted by molar-refractivity contribution is 5.36. The molecule has 0 aromatic heterocycles. The topological polar surface area (TPSA) is 26.0 Å². The second-order valence-corrected chi connectivity index (χ2v) is 5.32. The Morgan fingerprint density at radius 1 is 1.33 bits per heavy atom. The Bertz CT molecular complexity index is 341. The lowest BCUT2D eigenvalue weighted by Gasteiger charge is -2.32. The summed E-state index contributed by atoms with van der Waals surface area (Å²) in [6, 6.07) is 8.88. The van der Waals surface area contributed by atoms with Crippen LogP contribution in [0.2, 0.25) is 0 Å². The molecule has 0 heterocycles. The van der Waals surface area contributed by atoms with Gasteiger partial charge in [-0.15, -0.1) is 0 Å². The number of nitrogens with two attached hydrogens (primary N) is 1. The molecule has 1 aromatic carbocycles. The fourth-order valence-corrected chi connectivity index (χ4v) is 2.92. The molecule has 2 rings (SSSR count). The Morgan fingerprint density at radius 3 is 2.80 bits per heavy atom. The van der Waals surface area contributed by atoms with Gasteiger partial charge in [0.25, 0.3) is 0 Å². The maximum atomic E-state index is 5.70. The van der Waals surface area contributed by atoms with E-state index < -0.39 is 0 Å². The van der Waals surface area contributed by atoms with E-state index in [0.29, 0.717) is 11.3 Å². The monoisotopic (exact) mass is 203 g/mol. The summed E-state index contributed by atoms with van der Waals surface area (Å²) in [6.07, 6.45) is 3.66. The van der Waals surface area contributed by atoms with Gasteiger partial charge in [0.2, 0.25) is 0 Å². The number of benzene rings is 1. The van der Waals surface area contributed by atoms with Crippen molar-refractivity contribution in [1.29, 1.82) is 0 Å². The third-order valence-corrected chi connectivity index (χ3v) is 3.86. The first-order valence-electron chi connectivity index (χ1n) is 5.93. The average Bonchev–Trinajstić information content (AvgIpc) is 2.61. The molecule has 82 valence electrons. The standard InChI is InChI=1S/C14H21N/c1-14(2,9-10-15)13-8-7-11-5-3-4-6-12(11)13/h3-6,13H,7-10,15H2,1-2H3. The third-order valence-electron chi connectivity index (χ3n) is 3.86. The first-order valence-corrected chi connectivity index (χ1v) is 5.93. The zero-order valence-electron chi connectivity index (χ0n) is 9.79. The molecular weight excluding hydrogens is 182 g/mol. The Kier molecular flexibility index (Phi) is 2.83. The molecule has 0 fully saturated rings. The van der Waals surface area contributed by atoms with Gasteiger partial charge in [-0.05, 0) is 48.3 Å². The predicted octanol–water partition coefficient (Wildman–Crippen LogP) is 3.09. The number of rotatable bonds is 3. The van der Waals surface area contributed by atoms with Crippen molar-refractivity contribution < 1.29 is 0 Å². The van der Waals surface area contributed by atoms with Gasteiger partial charge in [-0.2, -0.15) is 0 Å². The van der Waals surface area contributed by atoms with Crippen molar-refractivity contribution >= 4 is 0 Å². The van der Waals surface area contributed by atoms with E-state index >= 15 is 0 Å². The van der Waals surface area contributed by atoms with Crippen molar-refractivity contribution in [2.75, 3.05) is 6.54 Å². The summed E-state index contributed by atoms with van der Waals surface area (Å²) in [5.74, 6) is 0.706. The molecule has 1 aromatic rings. The minimum Gasteiger partial charge on any atom is -0.330 e. The maximum Gasteiger partial charge on any atom is -0.00720 e. The highest BCUT2D eigenvalue weighted by Crippen LogP contribution is 2.46. The van der Waals surface area contributed by atoms with Gasteiger partial charge in [-0.1, -0.05) is 38.1 Å². The Hall–Kier alpha value is -0.820. The van der Waals surface area contributed by atoms with Gasteiger partial charge in [-0.3, -0.25) is 0 Å². The molecule has 0 radical (unpaired) electrons. The van der Waals surface area contributed by atoms with Gasteiger partial charge in [-0.25, -0.2) is 0 Å². The molecule has 1 nitrogen and oxygen atoms in total. The van der Waals surface area contributed by atoms with Gasteiger partial charge >= 0.3 is 0 Å². The van der Waals surface area contributed by atoms with Crippen LogP contribution < -0.4 is 5.73 Å². The minimum atomic E-state index is 0.349. The zero-order valence-corrected chi connectivity index (χ0v) is 9.79. The molecule has 1 heteroatoms. The van der Waals surface area contributed by atoms with Crippen molar-refractivity contribution in [3.05, 3.63) is 35.4 Å². The molecule has 1 unspecified atom stereocenters. The van der Waals surface area contributed by atoms with Crippen LogP contribution in [0.3, 0.4) is 0 Å². The fourth-order valence-electron chi connectivity index (χ4n) is 2.92. The van der Waals surface area contributed by atoms with Gasteiger partial charge in [0.15, 0.2) is 0 Å². The Labute approximate surface area is 92.7 Å². The first kappa shape index (κ1) is 10.7. The molecule has 0 aliphatic heterocycles. The van der Waals surface area contributed by atoms with E-state index in [1.165, 1.54) is 12.8 Å². The normalized spacial score (nSPS) is 20.3. The largest absolute Gasteiger partial charge is 0.330 e. The van der Waals surface area contributed by atoms with Gasteiger partial charge in [0, 0.05) is 0 Å². The molecule has 1 aliphatic carbocycles. The van der Waals surface area contributed by atoms with Gasteiger partial charge in [0.1, 0.15) is 0 Å². The van der Waals surface area contributed by atoms with E-state index in [4.69, 9.17) is 5.73 Å². The molecule has 0 bridgehead atoms. The quantitative estimate of drug-likeness (QED) is 0.802. The molecule has 0 amide bonds. The van der Waals surface area contributed by atoms with Crippen LogP contribution in [-0.4, -0.2) is 6.54 Å². The number of fused-ring (bicyclic) bond motifs is 1. The Morgan fingerprint density at radius 2 is 2.07 bits per heavy atom. The molecule has 2 N–H and O–H groups in total. The van der Waals surface area contributed by atoms with Crippen molar-refractivity contribution in [1.82, 2.24) is 0 Å². The fraction of sp³-hybridized carbons (Fsp3) is 0.571. The molecule has 0 spiro atoms. The lowest BCUT2D eigenvalue weighted by Crippen LogP contribution is -2.24. The van der Waals surface area contributed by atoms with Crippen LogP contribution in [0.1, 0.15) is 43.7 Å². The van der Waals surface area contributed by atoms with Crippen LogP contribution in [0, 0.1) is 5.41 Å². The second kappa shape index (κ2) is 3.97. The third kappa shape index (κ3) is 1.93. The SMILES string of the molecule is CC(C)(CCN)C1CCc2ccccc21. The van der Waals surface area contributed by atoms with Crippen LogP contribution in [-0.2, 0) is 6.42 Å². The van der Waals surface area contributed by atoms with E-state index in [9.17, 15) is 0 Å². The highest BCUT2D eigenvalue weighted by atomic mass is 14.5. The smallest absolute Gasteiger partial charge is 0.00720 e. The van der Waals surface area contributed by atoms with Crippen molar-refractivity contribution in [2.45, 2.75) is 39.0 Å². The second-order valence-electron chi connectivity index (χ2n) is 5.32. The van der Waals surface area contributed by atoms with Crippen molar-refractivity contribution in [3.8, 4) is 0 Å². The van der Waals surface area contributed by atoms with Crippen LogP contribution in [0.25, 0.3) is 0 Å². The maximum absolute atomic E-state index is 5.70. The first-order chi connectivity index (χ1) is 7.15. The van der Waals surface area contributed by atoms with Crippen LogP contribution in [0.15, 0.2) is 24.3 Å². The predicted molar refractivity (Wildman–Crippen MR) is 65.0 cm³/mol. The van der Waals surface area contributed by atoms with Crippen LogP contribution in [0.5, 0.6) is 0 Å². The van der Waals surface area contributed by atoms with E-state index in [0.717, 1.165) is 13.0 Å². The zero-order chi connectivity index (χ0) is 10.9. The Balaban J connectivity index is 2.27. The molecule has 15 heavy (non-hydrogen) atoms. The summed E-state index contributed by atoms with van der Waals surface area (Å²) in [6.45, 7) is 5.50. The van der Waals surface area contributed by atoms with E-state index in [2.05, 4.69) is 38.1 Å². The van der Waals surface area contributed by atoms with Gasteiger partial charge in [0.05, 0.1) is 0 Å². The molecule has 1 aliphatic rings. The minimum absolute atomic E-state index is 0.349. The molecular formula is C14H21N. The summed E-state index contributed by atoms with van der Waals surface area (Å²) < 4.78 is 0. The van der Waals surface area contributed by atoms with Crippen molar-refractivity contribution in [2.24, 2.45) is 11.1 Å². The van der Waals surface area contributed by atoms with Crippen LogP contribution >= 0.6 is 0 Å². The number of hydrogen-bond donors (Lipinski definition) is 1. The average molecular weight is 203 g/mol. The summed E-state index contributed by atoms with van der Waals surface area (Å²) in [7, 11) is 0. The molecule has 0 saturated heterocycles. The van der Waals surface area contributed by atoms with Crippen molar-refractivity contribution in [3.63, 3.8) is 0 Å². The highest BCUT2D eigenvalue weighted by Gasteiger charge is 2.34. The summed E-state index contributed by atoms with van der Waals surface area (Å²) in [4.78, 5) is 0. The number of hydrogen-bond acceptors (Lipinski definition) is 1. The van der Waals surface area contributed by atoms with E-state index in [-0.39, 0.29) is 0 Å². The molecule has 0 saturated carbocycles. The van der Waals surface area contributed by atoms with E-state index in [1.54, 1.807) is 11.1 Å². The summed E-state index contributed by atoms with van der Waals surface area (Å²) >= 11 is 0. The van der Waals surface area contributed by atoms with Crippen LogP contribution in [0.4, 0.5) is 0 Å².